The lowest BCUT2D eigenvalue weighted by Crippen LogP contribution is -2.08. The van der Waals surface area contributed by atoms with Crippen LogP contribution in [-0.2, 0) is 0 Å². The third-order valence-electron chi connectivity index (χ3n) is 2.93. The molecule has 1 nitrogen and oxygen atoms in total. The van der Waals surface area contributed by atoms with Gasteiger partial charge in [-0.2, -0.15) is 0 Å². The summed E-state index contributed by atoms with van der Waals surface area (Å²) in [5.41, 5.74) is 2.37. The van der Waals surface area contributed by atoms with Crippen LogP contribution in [0.1, 0.15) is 13.3 Å². The molecule has 3 heteroatoms. The van der Waals surface area contributed by atoms with E-state index in [0.29, 0.717) is 5.25 Å². The van der Waals surface area contributed by atoms with Gasteiger partial charge in [0.05, 0.1) is 11.4 Å². The van der Waals surface area contributed by atoms with Gasteiger partial charge in [0.1, 0.15) is 0 Å². The number of benzene rings is 1. The van der Waals surface area contributed by atoms with E-state index in [1.54, 1.807) is 0 Å². The Morgan fingerprint density at radius 2 is 2.17 bits per heavy atom. The first-order valence-electron chi connectivity index (χ1n) is 6.16. The molecule has 18 heavy (non-hydrogen) atoms. The lowest BCUT2D eigenvalue weighted by molar-refractivity contribution is 1.02. The largest absolute Gasteiger partial charge is 0.251 e. The van der Waals surface area contributed by atoms with Gasteiger partial charge in [0.25, 0.3) is 0 Å². The van der Waals surface area contributed by atoms with Crippen LogP contribution in [0.2, 0.25) is 0 Å². The number of nitrogens with zero attached hydrogens (tertiary/aromatic N) is 1. The van der Waals surface area contributed by atoms with Crippen LogP contribution in [0.25, 0.3) is 0 Å². The molecule has 0 saturated carbocycles. The van der Waals surface area contributed by atoms with Gasteiger partial charge >= 0.3 is 0 Å². The summed E-state index contributed by atoms with van der Waals surface area (Å²) in [7, 11) is 0. The zero-order valence-corrected chi connectivity index (χ0v) is 11.9. The molecule has 0 saturated heterocycles. The van der Waals surface area contributed by atoms with Gasteiger partial charge in [-0.1, -0.05) is 31.2 Å². The third-order valence-corrected chi connectivity index (χ3v) is 5.14. The number of hydrogen-bond donors (Lipinski definition) is 0. The smallest absolute Gasteiger partial charge is 0.0769 e. The van der Waals surface area contributed by atoms with E-state index < -0.39 is 0 Å². The molecule has 0 radical (unpaired) electrons. The number of para-hydroxylation sites is 1. The minimum absolute atomic E-state index is 0.583. The SMILES string of the molecule is C[C@H]1CC(C2=CC=CCS2)=Nc2ccccc2S1. The van der Waals surface area contributed by atoms with Gasteiger partial charge in [-0.15, -0.1) is 23.5 Å². The molecule has 1 aromatic carbocycles. The average molecular weight is 273 g/mol. The van der Waals surface area contributed by atoms with Crippen LogP contribution in [0.15, 0.2) is 57.3 Å². The van der Waals surface area contributed by atoms with E-state index in [9.17, 15) is 0 Å². The molecule has 3 rings (SSSR count). The average Bonchev–Trinajstić information content (AvgIpc) is 2.57. The van der Waals surface area contributed by atoms with Crippen molar-refractivity contribution in [3.05, 3.63) is 47.4 Å². The van der Waals surface area contributed by atoms with Gasteiger partial charge in [0.15, 0.2) is 0 Å². The fourth-order valence-corrected chi connectivity index (χ4v) is 4.03. The summed E-state index contributed by atoms with van der Waals surface area (Å²) in [6.07, 6.45) is 7.57. The molecule has 0 aliphatic carbocycles. The first-order valence-corrected chi connectivity index (χ1v) is 8.03. The second kappa shape index (κ2) is 5.37. The van der Waals surface area contributed by atoms with Gasteiger partial charge in [-0.05, 0) is 18.2 Å². The van der Waals surface area contributed by atoms with E-state index in [-0.39, 0.29) is 0 Å². The Labute approximate surface area is 116 Å². The Morgan fingerprint density at radius 1 is 1.28 bits per heavy atom. The molecule has 92 valence electrons. The number of aliphatic imine (C=N–C) groups is 1. The van der Waals surface area contributed by atoms with Crippen molar-refractivity contribution >= 4 is 34.9 Å². The highest BCUT2D eigenvalue weighted by molar-refractivity contribution is 8.04. The second-order valence-corrected chi connectivity index (χ2v) is 6.97. The van der Waals surface area contributed by atoms with Crippen molar-refractivity contribution in [3.63, 3.8) is 0 Å². The van der Waals surface area contributed by atoms with Crippen LogP contribution in [-0.4, -0.2) is 16.7 Å². The molecule has 0 bridgehead atoms. The van der Waals surface area contributed by atoms with Crippen molar-refractivity contribution < 1.29 is 0 Å². The normalized spacial score (nSPS) is 22.8. The predicted molar refractivity (Wildman–Crippen MR) is 83.2 cm³/mol. The zero-order chi connectivity index (χ0) is 12.4. The van der Waals surface area contributed by atoms with Gasteiger partial charge < -0.3 is 0 Å². The summed E-state index contributed by atoms with van der Waals surface area (Å²) in [6.45, 7) is 2.28. The van der Waals surface area contributed by atoms with E-state index in [2.05, 4.69) is 49.4 Å². The molecule has 2 aliphatic heterocycles. The summed E-state index contributed by atoms with van der Waals surface area (Å²) in [5, 5.41) is 0.583. The van der Waals surface area contributed by atoms with Gasteiger partial charge in [0, 0.05) is 27.2 Å². The Morgan fingerprint density at radius 3 is 3.00 bits per heavy atom. The highest BCUT2D eigenvalue weighted by Crippen LogP contribution is 2.39. The lowest BCUT2D eigenvalue weighted by Gasteiger charge is -2.13. The molecule has 0 N–H and O–H groups in total. The van der Waals surface area contributed by atoms with Crippen molar-refractivity contribution in [2.24, 2.45) is 4.99 Å². The maximum Gasteiger partial charge on any atom is 0.0769 e. The van der Waals surface area contributed by atoms with Crippen molar-refractivity contribution in [2.45, 2.75) is 23.5 Å². The minimum Gasteiger partial charge on any atom is -0.251 e. The van der Waals surface area contributed by atoms with Crippen LogP contribution >= 0.6 is 23.5 Å². The molecule has 0 fully saturated rings. The standard InChI is InChI=1S/C15H15NS2/c1-11-10-13(14-7-4-5-9-17-14)16-12-6-2-3-8-15(12)18-11/h2-8,11H,9-10H2,1H3/t11-/m0/s1. The quantitative estimate of drug-likeness (QED) is 0.726. The summed E-state index contributed by atoms with van der Waals surface area (Å²) in [6, 6.07) is 8.45. The molecule has 0 unspecified atom stereocenters. The Hall–Kier alpha value is -0.930. The number of fused-ring (bicyclic) bond motifs is 1. The van der Waals surface area contributed by atoms with Crippen LogP contribution in [0, 0.1) is 0 Å². The van der Waals surface area contributed by atoms with Gasteiger partial charge in [-0.25, -0.2) is 0 Å². The topological polar surface area (TPSA) is 12.4 Å². The molecule has 0 amide bonds. The molecular weight excluding hydrogens is 258 g/mol. The lowest BCUT2D eigenvalue weighted by atomic mass is 10.2. The first-order chi connectivity index (χ1) is 8.83. The number of rotatable bonds is 1. The van der Waals surface area contributed by atoms with E-state index in [0.717, 1.165) is 17.9 Å². The number of thioether (sulfide) groups is 2. The van der Waals surface area contributed by atoms with Crippen LogP contribution < -0.4 is 0 Å². The zero-order valence-electron chi connectivity index (χ0n) is 10.3. The molecule has 1 aromatic rings. The predicted octanol–water partition coefficient (Wildman–Crippen LogP) is 4.83. The minimum atomic E-state index is 0.583. The van der Waals surface area contributed by atoms with E-state index in [4.69, 9.17) is 4.99 Å². The highest BCUT2D eigenvalue weighted by Gasteiger charge is 2.19. The molecule has 2 aliphatic rings. The van der Waals surface area contributed by atoms with Gasteiger partial charge in [-0.3, -0.25) is 4.99 Å². The number of allylic oxidation sites excluding steroid dienone is 3. The first kappa shape index (κ1) is 12.1. The Kier molecular flexibility index (Phi) is 3.62. The van der Waals surface area contributed by atoms with Crippen molar-refractivity contribution in [3.8, 4) is 0 Å². The third kappa shape index (κ3) is 2.57. The van der Waals surface area contributed by atoms with Crippen molar-refractivity contribution in [1.82, 2.24) is 0 Å². The fourth-order valence-electron chi connectivity index (χ4n) is 2.10. The molecule has 2 heterocycles. The molecular formula is C15H15NS2. The summed E-state index contributed by atoms with van der Waals surface area (Å²) in [4.78, 5) is 7.52. The monoisotopic (exact) mass is 273 g/mol. The van der Waals surface area contributed by atoms with Crippen LogP contribution in [0.5, 0.6) is 0 Å². The van der Waals surface area contributed by atoms with Crippen molar-refractivity contribution in [2.75, 3.05) is 5.75 Å². The highest BCUT2D eigenvalue weighted by atomic mass is 32.2. The number of hydrogen-bond acceptors (Lipinski definition) is 3. The van der Waals surface area contributed by atoms with E-state index >= 15 is 0 Å². The maximum atomic E-state index is 4.89. The molecule has 0 aromatic heterocycles. The summed E-state index contributed by atoms with van der Waals surface area (Å²) in [5.74, 6) is 1.06. The Balaban J connectivity index is 2.02. The van der Waals surface area contributed by atoms with E-state index in [1.807, 2.05) is 23.5 Å². The second-order valence-electron chi connectivity index (χ2n) is 4.43. The summed E-state index contributed by atoms with van der Waals surface area (Å²) < 4.78 is 0. The van der Waals surface area contributed by atoms with Crippen LogP contribution in [0.4, 0.5) is 5.69 Å². The van der Waals surface area contributed by atoms with Crippen molar-refractivity contribution in [1.29, 1.82) is 0 Å². The summed E-state index contributed by atoms with van der Waals surface area (Å²) >= 11 is 3.82. The van der Waals surface area contributed by atoms with Crippen LogP contribution in [0.3, 0.4) is 0 Å². The fraction of sp³-hybridized carbons (Fsp3) is 0.267. The Bertz CT molecular complexity index is 543. The van der Waals surface area contributed by atoms with E-state index in [1.165, 1.54) is 15.5 Å². The van der Waals surface area contributed by atoms with Gasteiger partial charge in [0.2, 0.25) is 0 Å². The molecule has 0 spiro atoms. The molecule has 1 atom stereocenters. The maximum absolute atomic E-state index is 4.89.